The predicted molar refractivity (Wildman–Crippen MR) is 71.2 cm³/mol. The lowest BCUT2D eigenvalue weighted by Crippen LogP contribution is -1.99. The molecule has 0 unspecified atom stereocenters. The van der Waals surface area contributed by atoms with Crippen molar-refractivity contribution in [2.75, 3.05) is 20.0 Å². The Morgan fingerprint density at radius 1 is 1.28 bits per heavy atom. The Hall–Kier alpha value is -1.88. The van der Waals surface area contributed by atoms with Crippen LogP contribution in [0, 0.1) is 0 Å². The normalized spacial score (nSPS) is 10.4. The molecule has 6 heteroatoms. The zero-order valence-electron chi connectivity index (χ0n) is 10.4. The molecule has 96 valence electrons. The van der Waals surface area contributed by atoms with E-state index in [0.29, 0.717) is 28.3 Å². The first-order valence-electron chi connectivity index (χ1n) is 5.28. The average molecular weight is 268 g/mol. The van der Waals surface area contributed by atoms with Crippen molar-refractivity contribution in [1.29, 1.82) is 0 Å². The van der Waals surface area contributed by atoms with Crippen LogP contribution in [0.2, 0.25) is 5.15 Å². The minimum absolute atomic E-state index is 0.346. The fourth-order valence-corrected chi connectivity index (χ4v) is 2.08. The molecule has 0 aliphatic carbocycles. The Morgan fingerprint density at radius 3 is 2.50 bits per heavy atom. The van der Waals surface area contributed by atoms with Crippen LogP contribution >= 0.6 is 11.6 Å². The van der Waals surface area contributed by atoms with Gasteiger partial charge in [-0.3, -0.25) is 0 Å². The molecule has 5 nitrogen and oxygen atoms in total. The number of nitrogen functional groups attached to an aromatic ring is 1. The molecule has 0 radical (unpaired) electrons. The van der Waals surface area contributed by atoms with Gasteiger partial charge in [0.05, 0.1) is 19.9 Å². The monoisotopic (exact) mass is 267 g/mol. The SMILES string of the molecule is COc1ccc(-c2c(Cl)nc(N)n2C)c(OC)c1. The van der Waals surface area contributed by atoms with Crippen molar-refractivity contribution in [2.24, 2.45) is 7.05 Å². The average Bonchev–Trinajstić information content (AvgIpc) is 2.62. The smallest absolute Gasteiger partial charge is 0.201 e. The second-order valence-electron chi connectivity index (χ2n) is 3.73. The van der Waals surface area contributed by atoms with E-state index in [1.54, 1.807) is 31.9 Å². The maximum Gasteiger partial charge on any atom is 0.201 e. The number of rotatable bonds is 3. The molecule has 0 amide bonds. The largest absolute Gasteiger partial charge is 0.497 e. The Balaban J connectivity index is 2.63. The summed E-state index contributed by atoms with van der Waals surface area (Å²) in [6.07, 6.45) is 0. The van der Waals surface area contributed by atoms with E-state index in [2.05, 4.69) is 4.98 Å². The van der Waals surface area contributed by atoms with Gasteiger partial charge in [0.1, 0.15) is 11.5 Å². The molecule has 0 aliphatic heterocycles. The maximum absolute atomic E-state index is 6.09. The van der Waals surface area contributed by atoms with E-state index < -0.39 is 0 Å². The van der Waals surface area contributed by atoms with Crippen LogP contribution < -0.4 is 15.2 Å². The summed E-state index contributed by atoms with van der Waals surface area (Å²) in [5.41, 5.74) is 7.26. The molecule has 0 aliphatic rings. The third kappa shape index (κ3) is 1.97. The molecule has 0 saturated carbocycles. The number of ether oxygens (including phenoxy) is 2. The highest BCUT2D eigenvalue weighted by Crippen LogP contribution is 2.37. The third-order valence-corrected chi connectivity index (χ3v) is 3.01. The molecule has 1 heterocycles. The van der Waals surface area contributed by atoms with Crippen LogP contribution in [-0.4, -0.2) is 23.8 Å². The van der Waals surface area contributed by atoms with Crippen LogP contribution in [0.15, 0.2) is 18.2 Å². The van der Waals surface area contributed by atoms with E-state index in [0.717, 1.165) is 5.56 Å². The van der Waals surface area contributed by atoms with Crippen LogP contribution in [0.25, 0.3) is 11.3 Å². The standard InChI is InChI=1S/C12H14ClN3O2/c1-16-10(11(13)15-12(16)14)8-5-4-7(17-2)6-9(8)18-3/h4-6H,1-3H3,(H2,14,15). The fourth-order valence-electron chi connectivity index (χ4n) is 1.77. The number of anilines is 1. The van der Waals surface area contributed by atoms with Gasteiger partial charge in [-0.1, -0.05) is 11.6 Å². The molecule has 2 N–H and O–H groups in total. The predicted octanol–water partition coefficient (Wildman–Crippen LogP) is 2.34. The molecule has 0 spiro atoms. The van der Waals surface area contributed by atoms with Gasteiger partial charge in [0.2, 0.25) is 5.95 Å². The quantitative estimate of drug-likeness (QED) is 0.927. The van der Waals surface area contributed by atoms with Gasteiger partial charge in [-0.05, 0) is 12.1 Å². The summed E-state index contributed by atoms with van der Waals surface area (Å²) in [6.45, 7) is 0. The van der Waals surface area contributed by atoms with E-state index in [1.165, 1.54) is 0 Å². The van der Waals surface area contributed by atoms with Crippen LogP contribution in [0.3, 0.4) is 0 Å². The maximum atomic E-state index is 6.09. The number of imidazole rings is 1. The molecule has 1 aromatic carbocycles. The first-order chi connectivity index (χ1) is 8.58. The van der Waals surface area contributed by atoms with E-state index >= 15 is 0 Å². The highest BCUT2D eigenvalue weighted by atomic mass is 35.5. The summed E-state index contributed by atoms with van der Waals surface area (Å²) in [7, 11) is 4.99. The number of nitrogens with zero attached hydrogens (tertiary/aromatic N) is 2. The van der Waals surface area contributed by atoms with Crippen molar-refractivity contribution in [2.45, 2.75) is 0 Å². The Kier molecular flexibility index (Phi) is 3.34. The van der Waals surface area contributed by atoms with Crippen molar-refractivity contribution in [3.8, 4) is 22.8 Å². The summed E-state index contributed by atoms with van der Waals surface area (Å²) in [6, 6.07) is 5.48. The van der Waals surface area contributed by atoms with Gasteiger partial charge in [-0.25, -0.2) is 4.98 Å². The second-order valence-corrected chi connectivity index (χ2v) is 4.09. The minimum atomic E-state index is 0.346. The van der Waals surface area contributed by atoms with Gasteiger partial charge < -0.3 is 19.8 Å². The molecule has 18 heavy (non-hydrogen) atoms. The molecule has 0 fully saturated rings. The number of methoxy groups -OCH3 is 2. The first kappa shape index (κ1) is 12.6. The number of benzene rings is 1. The van der Waals surface area contributed by atoms with Gasteiger partial charge in [-0.15, -0.1) is 0 Å². The van der Waals surface area contributed by atoms with Crippen LogP contribution in [0.1, 0.15) is 0 Å². The van der Waals surface area contributed by atoms with Gasteiger partial charge in [0.15, 0.2) is 5.15 Å². The zero-order valence-corrected chi connectivity index (χ0v) is 11.2. The van der Waals surface area contributed by atoms with Crippen molar-refractivity contribution in [3.63, 3.8) is 0 Å². The lowest BCUT2D eigenvalue weighted by Gasteiger charge is -2.11. The minimum Gasteiger partial charge on any atom is -0.497 e. The van der Waals surface area contributed by atoms with Crippen molar-refractivity contribution in [1.82, 2.24) is 9.55 Å². The summed E-state index contributed by atoms with van der Waals surface area (Å²) in [4.78, 5) is 4.02. The summed E-state index contributed by atoms with van der Waals surface area (Å²) in [5, 5.41) is 0.346. The Morgan fingerprint density at radius 2 is 2.00 bits per heavy atom. The number of halogens is 1. The number of nitrogens with two attached hydrogens (primary N) is 1. The van der Waals surface area contributed by atoms with Crippen LogP contribution in [-0.2, 0) is 7.05 Å². The van der Waals surface area contributed by atoms with Crippen molar-refractivity contribution >= 4 is 17.5 Å². The molecule has 2 rings (SSSR count). The summed E-state index contributed by atoms with van der Waals surface area (Å²) >= 11 is 6.09. The molecule has 0 saturated heterocycles. The van der Waals surface area contributed by atoms with E-state index in [9.17, 15) is 0 Å². The van der Waals surface area contributed by atoms with Crippen LogP contribution in [0.5, 0.6) is 11.5 Å². The Bertz CT molecular complexity index is 581. The number of hydrogen-bond donors (Lipinski definition) is 1. The molecular formula is C12H14ClN3O2. The number of hydrogen-bond acceptors (Lipinski definition) is 4. The highest BCUT2D eigenvalue weighted by Gasteiger charge is 2.17. The number of aromatic nitrogens is 2. The van der Waals surface area contributed by atoms with Crippen LogP contribution in [0.4, 0.5) is 5.95 Å². The van der Waals surface area contributed by atoms with E-state index in [-0.39, 0.29) is 0 Å². The summed E-state index contributed by atoms with van der Waals surface area (Å²) < 4.78 is 12.2. The molecular weight excluding hydrogens is 254 g/mol. The fraction of sp³-hybridized carbons (Fsp3) is 0.250. The molecule has 0 bridgehead atoms. The molecule has 0 atom stereocenters. The zero-order chi connectivity index (χ0) is 13.3. The van der Waals surface area contributed by atoms with Gasteiger partial charge in [0.25, 0.3) is 0 Å². The van der Waals surface area contributed by atoms with Crippen molar-refractivity contribution < 1.29 is 9.47 Å². The van der Waals surface area contributed by atoms with Crippen molar-refractivity contribution in [3.05, 3.63) is 23.4 Å². The van der Waals surface area contributed by atoms with Gasteiger partial charge in [0, 0.05) is 18.7 Å². The highest BCUT2D eigenvalue weighted by molar-refractivity contribution is 6.32. The third-order valence-electron chi connectivity index (χ3n) is 2.75. The van der Waals surface area contributed by atoms with Gasteiger partial charge >= 0.3 is 0 Å². The molecule has 2 aromatic rings. The second kappa shape index (κ2) is 4.78. The summed E-state index contributed by atoms with van der Waals surface area (Å²) in [5.74, 6) is 1.72. The first-order valence-corrected chi connectivity index (χ1v) is 5.66. The van der Waals surface area contributed by atoms with Gasteiger partial charge in [-0.2, -0.15) is 0 Å². The van der Waals surface area contributed by atoms with E-state index in [4.69, 9.17) is 26.8 Å². The lowest BCUT2D eigenvalue weighted by molar-refractivity contribution is 0.395. The topological polar surface area (TPSA) is 62.3 Å². The Labute approximate surface area is 110 Å². The lowest BCUT2D eigenvalue weighted by atomic mass is 10.1. The molecule has 1 aromatic heterocycles. The van der Waals surface area contributed by atoms with E-state index in [1.807, 2.05) is 12.1 Å².